The largest absolute Gasteiger partial charge is 0.508 e. The van der Waals surface area contributed by atoms with E-state index in [4.69, 9.17) is 21.1 Å². The number of hydrogen-bond donors (Lipinski definition) is 2. The lowest BCUT2D eigenvalue weighted by Gasteiger charge is -2.27. The Kier molecular flexibility index (Phi) is 7.86. The van der Waals surface area contributed by atoms with Crippen molar-refractivity contribution in [2.75, 3.05) is 36.5 Å². The molecular formula is C26H23ClFN7O3. The Hall–Kier alpha value is -4.35. The second-order valence-corrected chi connectivity index (χ2v) is 8.72. The average molecular weight is 536 g/mol. The first-order valence-corrected chi connectivity index (χ1v) is 12.1. The van der Waals surface area contributed by atoms with E-state index in [9.17, 15) is 9.50 Å². The fourth-order valence-corrected chi connectivity index (χ4v) is 3.93. The van der Waals surface area contributed by atoms with Crippen LogP contribution in [0.5, 0.6) is 17.2 Å². The number of benzene rings is 2. The maximum absolute atomic E-state index is 14.2. The molecule has 38 heavy (non-hydrogen) atoms. The van der Waals surface area contributed by atoms with Crippen molar-refractivity contribution in [2.45, 2.75) is 6.54 Å². The highest BCUT2D eigenvalue weighted by atomic mass is 35.5. The first-order chi connectivity index (χ1) is 18.5. The Labute approximate surface area is 222 Å². The van der Waals surface area contributed by atoms with E-state index in [0.717, 1.165) is 11.9 Å². The molecule has 3 heterocycles. The minimum absolute atomic E-state index is 0.0795. The number of pyridine rings is 1. The Morgan fingerprint density at radius 1 is 1.03 bits per heavy atom. The first kappa shape index (κ1) is 25.3. The molecule has 0 radical (unpaired) electrons. The minimum atomic E-state index is -0.506. The predicted octanol–water partition coefficient (Wildman–Crippen LogP) is 6.03. The number of nitrogens with zero attached hydrogens (tertiary/aromatic N) is 6. The van der Waals surface area contributed by atoms with E-state index in [-0.39, 0.29) is 24.1 Å². The van der Waals surface area contributed by atoms with Gasteiger partial charge in [0.1, 0.15) is 23.8 Å². The van der Waals surface area contributed by atoms with Gasteiger partial charge in [-0.15, -0.1) is 5.11 Å². The number of azo groups is 1. The van der Waals surface area contributed by atoms with E-state index in [1.165, 1.54) is 6.07 Å². The number of rotatable bonds is 8. The third-order valence-electron chi connectivity index (χ3n) is 5.45. The fraction of sp³-hybridized carbons (Fsp3) is 0.192. The van der Waals surface area contributed by atoms with Crippen LogP contribution in [-0.4, -0.2) is 46.4 Å². The van der Waals surface area contributed by atoms with E-state index in [1.54, 1.807) is 53.6 Å². The van der Waals surface area contributed by atoms with Crippen molar-refractivity contribution in [3.63, 3.8) is 0 Å². The molecule has 0 unspecified atom stereocenters. The molecule has 0 spiro atoms. The number of morpholine rings is 1. The summed E-state index contributed by atoms with van der Waals surface area (Å²) in [7, 11) is 0. The van der Waals surface area contributed by atoms with Crippen LogP contribution >= 0.6 is 11.6 Å². The van der Waals surface area contributed by atoms with Gasteiger partial charge in [-0.05, 0) is 36.4 Å². The number of aromatic hydroxyl groups is 1. The molecule has 1 aliphatic heterocycles. The van der Waals surface area contributed by atoms with Gasteiger partial charge in [-0.3, -0.25) is 4.98 Å². The zero-order chi connectivity index (χ0) is 26.3. The number of phenols is 1. The summed E-state index contributed by atoms with van der Waals surface area (Å²) < 4.78 is 25.3. The summed E-state index contributed by atoms with van der Waals surface area (Å²) in [5.41, 5.74) is 2.11. The van der Waals surface area contributed by atoms with Crippen molar-refractivity contribution in [1.82, 2.24) is 15.0 Å². The summed E-state index contributed by atoms with van der Waals surface area (Å²) in [6.07, 6.45) is 2.76. The number of nitrogens with one attached hydrogen (secondary N) is 1. The molecule has 2 aromatic heterocycles. The second kappa shape index (κ2) is 11.8. The van der Waals surface area contributed by atoms with Crippen LogP contribution in [0.1, 0.15) is 5.69 Å². The molecule has 0 amide bonds. The van der Waals surface area contributed by atoms with Crippen LogP contribution in [0.25, 0.3) is 0 Å². The molecule has 1 saturated heterocycles. The molecule has 2 aromatic carbocycles. The van der Waals surface area contributed by atoms with Crippen molar-refractivity contribution in [2.24, 2.45) is 10.2 Å². The quantitative estimate of drug-likeness (QED) is 0.263. The molecule has 0 aliphatic carbocycles. The predicted molar refractivity (Wildman–Crippen MR) is 140 cm³/mol. The van der Waals surface area contributed by atoms with E-state index in [2.05, 4.69) is 30.5 Å². The van der Waals surface area contributed by atoms with Crippen molar-refractivity contribution in [3.8, 4) is 17.2 Å². The van der Waals surface area contributed by atoms with E-state index >= 15 is 0 Å². The van der Waals surface area contributed by atoms with Gasteiger partial charge >= 0.3 is 0 Å². The van der Waals surface area contributed by atoms with Crippen LogP contribution in [0.15, 0.2) is 77.2 Å². The van der Waals surface area contributed by atoms with Crippen LogP contribution in [0, 0.1) is 5.82 Å². The second-order valence-electron chi connectivity index (χ2n) is 8.28. The Morgan fingerprint density at radius 3 is 2.68 bits per heavy atom. The summed E-state index contributed by atoms with van der Waals surface area (Å²) >= 11 is 6.26. The Bertz CT molecular complexity index is 1430. The summed E-state index contributed by atoms with van der Waals surface area (Å²) in [6.45, 7) is 2.34. The average Bonchev–Trinajstić information content (AvgIpc) is 2.91. The molecule has 1 aliphatic rings. The van der Waals surface area contributed by atoms with Crippen molar-refractivity contribution in [1.29, 1.82) is 0 Å². The lowest BCUT2D eigenvalue weighted by molar-refractivity contribution is 0.122. The lowest BCUT2D eigenvalue weighted by atomic mass is 10.2. The highest BCUT2D eigenvalue weighted by Crippen LogP contribution is 2.31. The zero-order valence-electron chi connectivity index (χ0n) is 20.1. The Morgan fingerprint density at radius 2 is 1.89 bits per heavy atom. The smallest absolute Gasteiger partial charge is 0.270 e. The third-order valence-corrected chi connectivity index (χ3v) is 5.67. The Balaban J connectivity index is 1.20. The normalized spacial score (nSPS) is 13.6. The maximum Gasteiger partial charge on any atom is 0.270 e. The monoisotopic (exact) mass is 535 g/mol. The minimum Gasteiger partial charge on any atom is -0.508 e. The van der Waals surface area contributed by atoms with Crippen LogP contribution in [0.4, 0.5) is 27.5 Å². The molecule has 10 nitrogen and oxygen atoms in total. The molecule has 4 aromatic rings. The van der Waals surface area contributed by atoms with E-state index in [0.29, 0.717) is 54.2 Å². The highest BCUT2D eigenvalue weighted by molar-refractivity contribution is 6.31. The van der Waals surface area contributed by atoms with Crippen molar-refractivity contribution in [3.05, 3.63) is 83.5 Å². The van der Waals surface area contributed by atoms with Gasteiger partial charge in [0.25, 0.3) is 5.95 Å². The number of hydrogen-bond acceptors (Lipinski definition) is 10. The molecule has 1 fully saturated rings. The molecule has 194 valence electrons. The fourth-order valence-electron chi connectivity index (χ4n) is 3.70. The molecule has 0 saturated carbocycles. The highest BCUT2D eigenvalue weighted by Gasteiger charge is 2.17. The van der Waals surface area contributed by atoms with Gasteiger partial charge in [-0.2, -0.15) is 10.1 Å². The summed E-state index contributed by atoms with van der Waals surface area (Å²) in [5, 5.41) is 21.5. The molecule has 12 heteroatoms. The summed E-state index contributed by atoms with van der Waals surface area (Å²) in [4.78, 5) is 14.3. The van der Waals surface area contributed by atoms with Gasteiger partial charge in [-0.25, -0.2) is 9.37 Å². The maximum atomic E-state index is 14.2. The topological polar surface area (TPSA) is 117 Å². The standard InChI is InChI=1S/C26H23ClFN7O3/c27-17-10-20(12-23(11-17)38-22-3-1-2-21(36)13-22)32-19-5-4-18(29-14-19)15-31-34-26-30-16-24(28)25(33-26)35-6-8-37-9-7-35/h1-5,10-14,16,32,36H,6-9,15H2. The van der Waals surface area contributed by atoms with Crippen LogP contribution in [-0.2, 0) is 11.3 Å². The summed E-state index contributed by atoms with van der Waals surface area (Å²) in [5.74, 6) is 0.875. The van der Waals surface area contributed by atoms with Crippen LogP contribution < -0.4 is 15.0 Å². The molecule has 0 bridgehead atoms. The van der Waals surface area contributed by atoms with Gasteiger partial charge in [0.2, 0.25) is 0 Å². The van der Waals surface area contributed by atoms with Crippen molar-refractivity contribution < 1.29 is 19.0 Å². The first-order valence-electron chi connectivity index (χ1n) is 11.7. The molecule has 2 N–H and O–H groups in total. The van der Waals surface area contributed by atoms with Crippen LogP contribution in [0.2, 0.25) is 5.02 Å². The number of halogens is 2. The van der Waals surface area contributed by atoms with Crippen LogP contribution in [0.3, 0.4) is 0 Å². The van der Waals surface area contributed by atoms with Gasteiger partial charge in [0.15, 0.2) is 11.6 Å². The SMILES string of the molecule is Oc1cccc(Oc2cc(Cl)cc(Nc3ccc(CN=Nc4ncc(F)c(N5CCOCC5)n4)nc3)c2)c1. The van der Waals surface area contributed by atoms with E-state index < -0.39 is 5.82 Å². The molecule has 0 atom stereocenters. The van der Waals surface area contributed by atoms with Gasteiger partial charge < -0.3 is 24.8 Å². The van der Waals surface area contributed by atoms with Gasteiger partial charge in [0, 0.05) is 35.9 Å². The molecule has 5 rings (SSSR count). The number of anilines is 3. The lowest BCUT2D eigenvalue weighted by Crippen LogP contribution is -2.37. The van der Waals surface area contributed by atoms with Gasteiger partial charge in [0.05, 0.1) is 37.0 Å². The number of ether oxygens (including phenoxy) is 2. The van der Waals surface area contributed by atoms with Crippen molar-refractivity contribution >= 4 is 34.7 Å². The van der Waals surface area contributed by atoms with E-state index in [1.807, 2.05) is 6.07 Å². The number of aromatic nitrogens is 3. The summed E-state index contributed by atoms with van der Waals surface area (Å²) in [6, 6.07) is 15.4. The third kappa shape index (κ3) is 6.69. The van der Waals surface area contributed by atoms with Gasteiger partial charge in [-0.1, -0.05) is 17.7 Å². The number of phenolic OH excluding ortho intramolecular Hbond substituents is 1. The zero-order valence-corrected chi connectivity index (χ0v) is 20.8. The molecular weight excluding hydrogens is 513 g/mol.